The molecule has 0 amide bonds. The quantitative estimate of drug-likeness (QED) is 0.815. The van der Waals surface area contributed by atoms with Crippen LogP contribution < -0.4 is 5.56 Å². The molecule has 1 aliphatic carbocycles. The van der Waals surface area contributed by atoms with Gasteiger partial charge in [-0.2, -0.15) is 5.26 Å². The van der Waals surface area contributed by atoms with E-state index < -0.39 is 0 Å². The van der Waals surface area contributed by atoms with E-state index in [9.17, 15) is 4.79 Å². The molecule has 0 radical (unpaired) electrons. The number of hydrogen-bond acceptors (Lipinski definition) is 3. The average Bonchev–Trinajstić information content (AvgIpc) is 3.27. The Morgan fingerprint density at radius 2 is 2.10 bits per heavy atom. The average molecular weight is 320 g/mol. The molecule has 106 valence electrons. The fourth-order valence-electron chi connectivity index (χ4n) is 2.22. The van der Waals surface area contributed by atoms with Crippen molar-refractivity contribution in [3.05, 3.63) is 61.7 Å². The van der Waals surface area contributed by atoms with Crippen molar-refractivity contribution in [2.24, 2.45) is 0 Å². The van der Waals surface area contributed by atoms with E-state index in [1.807, 2.05) is 6.07 Å². The Morgan fingerprint density at radius 3 is 2.71 bits per heavy atom. The van der Waals surface area contributed by atoms with Gasteiger partial charge in [0, 0.05) is 17.0 Å². The van der Waals surface area contributed by atoms with Gasteiger partial charge in [-0.15, -0.1) is 0 Å². The molecule has 0 atom stereocenters. The largest absolute Gasteiger partial charge is 0.292 e. The molecule has 0 bridgehead atoms. The van der Waals surface area contributed by atoms with Gasteiger partial charge in [0.2, 0.25) is 0 Å². The molecule has 1 aliphatic rings. The summed E-state index contributed by atoms with van der Waals surface area (Å²) in [5, 5.41) is 9.55. The van der Waals surface area contributed by atoms with Crippen molar-refractivity contribution in [2.75, 3.05) is 0 Å². The van der Waals surface area contributed by atoms with E-state index in [2.05, 4.69) is 4.98 Å². The van der Waals surface area contributed by atoms with Crippen LogP contribution in [0, 0.1) is 11.3 Å². The minimum Gasteiger partial charge on any atom is -0.292 e. The van der Waals surface area contributed by atoms with Crippen LogP contribution in [-0.2, 0) is 6.54 Å². The van der Waals surface area contributed by atoms with Crippen LogP contribution in [0.4, 0.5) is 0 Å². The third kappa shape index (κ3) is 2.94. The molecule has 1 heterocycles. The zero-order valence-electron chi connectivity index (χ0n) is 11.0. The van der Waals surface area contributed by atoms with Crippen LogP contribution >= 0.6 is 23.2 Å². The maximum Gasteiger partial charge on any atom is 0.255 e. The fourth-order valence-corrected chi connectivity index (χ4v) is 2.64. The highest BCUT2D eigenvalue weighted by atomic mass is 35.5. The van der Waals surface area contributed by atoms with Crippen LogP contribution in [0.5, 0.6) is 0 Å². The highest BCUT2D eigenvalue weighted by Crippen LogP contribution is 2.39. The standard InChI is InChI=1S/C15H11Cl2N3O/c16-12-5-9(7-18)1-2-11(12)8-20-14(21)6-13(17)19-15(20)10-3-4-10/h1-2,5-6,10H,3-4,8H2. The second kappa shape index (κ2) is 5.51. The number of nitriles is 1. The van der Waals surface area contributed by atoms with E-state index in [-0.39, 0.29) is 10.7 Å². The van der Waals surface area contributed by atoms with E-state index in [1.54, 1.807) is 22.8 Å². The van der Waals surface area contributed by atoms with E-state index in [0.717, 1.165) is 18.4 Å². The van der Waals surface area contributed by atoms with Gasteiger partial charge in [-0.25, -0.2) is 4.98 Å². The number of nitrogens with zero attached hydrogens (tertiary/aromatic N) is 3. The van der Waals surface area contributed by atoms with E-state index in [0.29, 0.717) is 28.9 Å². The zero-order valence-corrected chi connectivity index (χ0v) is 12.5. The highest BCUT2D eigenvalue weighted by molar-refractivity contribution is 6.31. The molecule has 3 rings (SSSR count). The van der Waals surface area contributed by atoms with Gasteiger partial charge in [-0.1, -0.05) is 29.3 Å². The lowest BCUT2D eigenvalue weighted by Crippen LogP contribution is -2.24. The van der Waals surface area contributed by atoms with Crippen LogP contribution in [0.15, 0.2) is 29.1 Å². The molecule has 1 aromatic heterocycles. The molecule has 1 aromatic carbocycles. The van der Waals surface area contributed by atoms with Crippen molar-refractivity contribution in [3.8, 4) is 6.07 Å². The van der Waals surface area contributed by atoms with Gasteiger partial charge in [0.15, 0.2) is 0 Å². The number of rotatable bonds is 3. The molecule has 0 spiro atoms. The summed E-state index contributed by atoms with van der Waals surface area (Å²) in [6, 6.07) is 8.39. The first-order chi connectivity index (χ1) is 10.1. The number of halogens is 2. The number of benzene rings is 1. The smallest absolute Gasteiger partial charge is 0.255 e. The fraction of sp³-hybridized carbons (Fsp3) is 0.267. The summed E-state index contributed by atoms with van der Waals surface area (Å²) in [5.41, 5.74) is 1.09. The molecule has 2 aromatic rings. The molecule has 0 unspecified atom stereocenters. The zero-order chi connectivity index (χ0) is 15.0. The van der Waals surface area contributed by atoms with Crippen LogP contribution in [0.3, 0.4) is 0 Å². The molecule has 4 nitrogen and oxygen atoms in total. The molecule has 0 N–H and O–H groups in total. The molecule has 6 heteroatoms. The van der Waals surface area contributed by atoms with Gasteiger partial charge < -0.3 is 0 Å². The van der Waals surface area contributed by atoms with Crippen LogP contribution in [0.25, 0.3) is 0 Å². The van der Waals surface area contributed by atoms with Crippen molar-refractivity contribution >= 4 is 23.2 Å². The maximum absolute atomic E-state index is 12.2. The Bertz CT molecular complexity index is 804. The summed E-state index contributed by atoms with van der Waals surface area (Å²) in [4.78, 5) is 16.5. The number of aromatic nitrogens is 2. The molecule has 1 saturated carbocycles. The third-order valence-corrected chi connectivity index (χ3v) is 4.01. The monoisotopic (exact) mass is 319 g/mol. The summed E-state index contributed by atoms with van der Waals surface area (Å²) in [6.07, 6.45) is 2.04. The van der Waals surface area contributed by atoms with Gasteiger partial charge in [0.1, 0.15) is 11.0 Å². The molecule has 0 saturated heterocycles. The lowest BCUT2D eigenvalue weighted by Gasteiger charge is -2.12. The summed E-state index contributed by atoms with van der Waals surface area (Å²) >= 11 is 12.1. The Hall–Kier alpha value is -1.83. The lowest BCUT2D eigenvalue weighted by atomic mass is 10.1. The van der Waals surface area contributed by atoms with Crippen molar-refractivity contribution in [1.82, 2.24) is 9.55 Å². The first kappa shape index (κ1) is 14.1. The minimum absolute atomic E-state index is 0.183. The first-order valence-electron chi connectivity index (χ1n) is 6.54. The Balaban J connectivity index is 2.02. The van der Waals surface area contributed by atoms with Crippen molar-refractivity contribution in [3.63, 3.8) is 0 Å². The predicted octanol–water partition coefficient (Wildman–Crippen LogP) is 3.35. The maximum atomic E-state index is 12.2. The summed E-state index contributed by atoms with van der Waals surface area (Å²) in [7, 11) is 0. The van der Waals surface area contributed by atoms with Crippen LogP contribution in [-0.4, -0.2) is 9.55 Å². The Morgan fingerprint density at radius 1 is 1.33 bits per heavy atom. The van der Waals surface area contributed by atoms with Gasteiger partial charge in [0.25, 0.3) is 5.56 Å². The lowest BCUT2D eigenvalue weighted by molar-refractivity contribution is 0.669. The topological polar surface area (TPSA) is 58.7 Å². The second-order valence-electron chi connectivity index (χ2n) is 5.05. The molecule has 1 fully saturated rings. The van der Waals surface area contributed by atoms with Crippen molar-refractivity contribution in [2.45, 2.75) is 25.3 Å². The summed E-state index contributed by atoms with van der Waals surface area (Å²) < 4.78 is 1.61. The Kier molecular flexibility index (Phi) is 3.71. The van der Waals surface area contributed by atoms with E-state index >= 15 is 0 Å². The molecule has 21 heavy (non-hydrogen) atoms. The van der Waals surface area contributed by atoms with Crippen molar-refractivity contribution < 1.29 is 0 Å². The van der Waals surface area contributed by atoms with Gasteiger partial charge in [-0.3, -0.25) is 9.36 Å². The minimum atomic E-state index is -0.183. The molecule has 0 aliphatic heterocycles. The Labute approximate surface area is 131 Å². The third-order valence-electron chi connectivity index (χ3n) is 3.46. The molecular formula is C15H11Cl2N3O. The molecular weight excluding hydrogens is 309 g/mol. The van der Waals surface area contributed by atoms with Crippen LogP contribution in [0.2, 0.25) is 10.2 Å². The number of hydrogen-bond donors (Lipinski definition) is 0. The van der Waals surface area contributed by atoms with Crippen LogP contribution in [0.1, 0.15) is 35.7 Å². The van der Waals surface area contributed by atoms with Gasteiger partial charge in [0.05, 0.1) is 18.2 Å². The SMILES string of the molecule is N#Cc1ccc(Cn2c(C3CC3)nc(Cl)cc2=O)c(Cl)c1. The summed E-state index contributed by atoms with van der Waals surface area (Å²) in [6.45, 7) is 0.333. The van der Waals surface area contributed by atoms with Crippen molar-refractivity contribution in [1.29, 1.82) is 5.26 Å². The predicted molar refractivity (Wildman–Crippen MR) is 80.8 cm³/mol. The highest BCUT2D eigenvalue weighted by Gasteiger charge is 2.29. The van der Waals surface area contributed by atoms with E-state index in [4.69, 9.17) is 28.5 Å². The second-order valence-corrected chi connectivity index (χ2v) is 5.85. The van der Waals surface area contributed by atoms with E-state index in [1.165, 1.54) is 6.07 Å². The van der Waals surface area contributed by atoms with Gasteiger partial charge in [-0.05, 0) is 30.5 Å². The van der Waals surface area contributed by atoms with Gasteiger partial charge >= 0.3 is 0 Å². The first-order valence-corrected chi connectivity index (χ1v) is 7.30. The summed E-state index contributed by atoms with van der Waals surface area (Å²) in [5.74, 6) is 1.02. The normalized spacial score (nSPS) is 14.0.